The molecule has 6 N–H and O–H groups in total. The molecule has 1 fully saturated rings. The predicted octanol–water partition coefficient (Wildman–Crippen LogP) is -1.35. The van der Waals surface area contributed by atoms with Crippen molar-refractivity contribution in [1.29, 1.82) is 0 Å². The van der Waals surface area contributed by atoms with Crippen LogP contribution in [0.25, 0.3) is 11.2 Å². The molecule has 1 unspecified atom stereocenters. The third-order valence-corrected chi connectivity index (χ3v) is 5.83. The first-order valence-corrected chi connectivity index (χ1v) is 11.2. The highest BCUT2D eigenvalue weighted by Crippen LogP contribution is 2.39. The molecule has 4 atom stereocenters. The van der Waals surface area contributed by atoms with Gasteiger partial charge in [-0.15, -0.1) is 0 Å². The number of anilines is 1. The molecule has 3 rings (SSSR count). The zero-order valence-electron chi connectivity index (χ0n) is 14.3. The smallest absolute Gasteiger partial charge is 0.390 e. The molecule has 28 heavy (non-hydrogen) atoms. The number of aliphatic hydroxyl groups is 1. The Morgan fingerprint density at radius 3 is 2.89 bits per heavy atom. The van der Waals surface area contributed by atoms with Gasteiger partial charge in [0, 0.05) is 13.0 Å². The zero-order chi connectivity index (χ0) is 20.5. The normalized spacial score (nSPS) is 25.2. The van der Waals surface area contributed by atoms with Crippen molar-refractivity contribution in [2.75, 3.05) is 24.6 Å². The van der Waals surface area contributed by atoms with Crippen molar-refractivity contribution in [1.82, 2.24) is 24.6 Å². The highest BCUT2D eigenvalue weighted by Gasteiger charge is 2.37. The maximum atomic E-state index is 11.8. The fraction of sp³-hybridized carbons (Fsp3) is 0.583. The number of nitrogen functional groups attached to an aromatic ring is 1. The van der Waals surface area contributed by atoms with Crippen molar-refractivity contribution in [2.24, 2.45) is 0 Å². The molecule has 0 spiro atoms. The van der Waals surface area contributed by atoms with E-state index in [0.29, 0.717) is 11.2 Å². The number of rotatable bonds is 8. The van der Waals surface area contributed by atoms with Gasteiger partial charge in [0.1, 0.15) is 24.2 Å². The summed E-state index contributed by atoms with van der Waals surface area (Å²) in [6.45, 7) is -0.931. The summed E-state index contributed by atoms with van der Waals surface area (Å²) in [5.41, 5.74) is 6.52. The van der Waals surface area contributed by atoms with Gasteiger partial charge in [0.25, 0.3) is 10.1 Å². The van der Waals surface area contributed by atoms with Gasteiger partial charge in [-0.1, -0.05) is 0 Å². The molecule has 2 aromatic rings. The van der Waals surface area contributed by atoms with E-state index in [4.69, 9.17) is 19.5 Å². The van der Waals surface area contributed by atoms with Crippen LogP contribution in [0.2, 0.25) is 0 Å². The van der Waals surface area contributed by atoms with Crippen molar-refractivity contribution in [2.45, 2.75) is 24.9 Å². The Bertz CT molecular complexity index is 999. The van der Waals surface area contributed by atoms with Crippen molar-refractivity contribution >= 4 is 34.8 Å². The molecule has 3 heterocycles. The quantitative estimate of drug-likeness (QED) is 0.238. The number of fused-ring (bicyclic) bond motifs is 1. The topological polar surface area (TPSA) is 212 Å². The molecule has 0 radical (unpaired) electrons. The Hall–Kier alpha value is -1.71. The third-order valence-electron chi connectivity index (χ3n) is 3.99. The maximum absolute atomic E-state index is 11.8. The third kappa shape index (κ3) is 5.01. The maximum Gasteiger partial charge on any atom is 0.403 e. The molecule has 14 nitrogen and oxygen atoms in total. The van der Waals surface area contributed by atoms with Gasteiger partial charge in [-0.05, 0) is 0 Å². The Balaban J connectivity index is 1.59. The van der Waals surface area contributed by atoms with E-state index >= 15 is 0 Å². The average molecular weight is 438 g/mol. The number of ether oxygens (including phenoxy) is 1. The van der Waals surface area contributed by atoms with E-state index in [-0.39, 0.29) is 12.2 Å². The van der Waals surface area contributed by atoms with Crippen LogP contribution in [0.1, 0.15) is 12.6 Å². The largest absolute Gasteiger partial charge is 0.403 e. The van der Waals surface area contributed by atoms with Crippen LogP contribution in [0.3, 0.4) is 0 Å². The summed E-state index contributed by atoms with van der Waals surface area (Å²) in [5, 5.41) is 12.2. The first-order valence-electron chi connectivity index (χ1n) is 8.00. The minimum Gasteiger partial charge on any atom is -0.390 e. The zero-order valence-corrected chi connectivity index (χ0v) is 16.0. The molecule has 156 valence electrons. The van der Waals surface area contributed by atoms with Crippen molar-refractivity contribution in [3.8, 4) is 0 Å². The second-order valence-corrected chi connectivity index (χ2v) is 9.21. The second kappa shape index (κ2) is 7.96. The number of nitrogens with one attached hydrogen (secondary N) is 1. The van der Waals surface area contributed by atoms with Crippen molar-refractivity contribution in [3.63, 3.8) is 0 Å². The van der Waals surface area contributed by atoms with Crippen LogP contribution in [-0.2, 0) is 23.9 Å². The lowest BCUT2D eigenvalue weighted by Gasteiger charge is -2.18. The molecule has 0 saturated carbocycles. The van der Waals surface area contributed by atoms with E-state index in [1.165, 1.54) is 12.7 Å². The molecule has 1 saturated heterocycles. The highest BCUT2D eigenvalue weighted by molar-refractivity contribution is 7.85. The lowest BCUT2D eigenvalue weighted by Crippen LogP contribution is -2.28. The van der Waals surface area contributed by atoms with Crippen LogP contribution >= 0.6 is 7.75 Å². The Kier molecular flexibility index (Phi) is 5.97. The predicted molar refractivity (Wildman–Crippen MR) is 94.5 cm³/mol. The molecular weight excluding hydrogens is 419 g/mol. The van der Waals surface area contributed by atoms with Gasteiger partial charge in [-0.2, -0.15) is 8.42 Å². The van der Waals surface area contributed by atoms with E-state index in [1.807, 2.05) is 5.09 Å². The number of hydrogen-bond donors (Lipinski definition) is 5. The number of aliphatic hydroxyl groups excluding tert-OH is 1. The SMILES string of the molecule is Nc1ncnc2c1ncn2[C@H]1C[C@H](O)[C@@H](COP(=O)(O)NCCS(=O)(=O)O)O1. The summed E-state index contributed by atoms with van der Waals surface area (Å²) in [5.74, 6) is -0.566. The van der Waals surface area contributed by atoms with Gasteiger partial charge in [-0.3, -0.25) is 13.6 Å². The Morgan fingerprint density at radius 1 is 1.43 bits per heavy atom. The summed E-state index contributed by atoms with van der Waals surface area (Å²) in [6, 6.07) is 0. The van der Waals surface area contributed by atoms with Crippen LogP contribution in [0, 0.1) is 0 Å². The first kappa shape index (κ1) is 21.0. The van der Waals surface area contributed by atoms with Gasteiger partial charge in [-0.25, -0.2) is 24.6 Å². The fourth-order valence-corrected chi connectivity index (χ4v) is 4.00. The molecule has 0 bridgehead atoms. The fourth-order valence-electron chi connectivity index (χ4n) is 2.65. The van der Waals surface area contributed by atoms with E-state index in [9.17, 15) is 23.0 Å². The minimum atomic E-state index is -4.36. The van der Waals surface area contributed by atoms with Crippen LogP contribution in [-0.4, -0.2) is 73.6 Å². The molecule has 0 aliphatic carbocycles. The number of aromatic nitrogens is 4. The summed E-state index contributed by atoms with van der Waals surface area (Å²) < 4.78 is 53.8. The van der Waals surface area contributed by atoms with Crippen LogP contribution < -0.4 is 10.8 Å². The monoisotopic (exact) mass is 438 g/mol. The molecule has 1 aliphatic heterocycles. The summed E-state index contributed by atoms with van der Waals surface area (Å²) in [7, 11) is -8.64. The summed E-state index contributed by atoms with van der Waals surface area (Å²) in [6.07, 6.45) is 0.264. The number of imidazole rings is 1. The number of nitrogens with two attached hydrogens (primary N) is 1. The second-order valence-electron chi connectivity index (χ2n) is 6.03. The minimum absolute atomic E-state index is 0.148. The van der Waals surface area contributed by atoms with Crippen LogP contribution in [0.15, 0.2) is 12.7 Å². The molecule has 0 aromatic carbocycles. The molecule has 16 heteroatoms. The molecule has 1 aliphatic rings. The first-order chi connectivity index (χ1) is 13.1. The number of nitrogens with zero attached hydrogens (tertiary/aromatic N) is 4. The Morgan fingerprint density at radius 2 is 2.18 bits per heavy atom. The van der Waals surface area contributed by atoms with Gasteiger partial charge in [0.2, 0.25) is 0 Å². The molecule has 0 amide bonds. The number of hydrogen-bond acceptors (Lipinski definition) is 10. The Labute approximate surface area is 159 Å². The van der Waals surface area contributed by atoms with Crippen LogP contribution in [0.5, 0.6) is 0 Å². The highest BCUT2D eigenvalue weighted by atomic mass is 32.2. The van der Waals surface area contributed by atoms with E-state index < -0.39 is 55.2 Å². The molecular formula is C12H19N6O8PS. The van der Waals surface area contributed by atoms with Gasteiger partial charge >= 0.3 is 7.75 Å². The van der Waals surface area contributed by atoms with E-state index in [0.717, 1.165) is 0 Å². The van der Waals surface area contributed by atoms with E-state index in [1.54, 1.807) is 4.57 Å². The van der Waals surface area contributed by atoms with Crippen molar-refractivity contribution < 1.29 is 36.8 Å². The summed E-state index contributed by atoms with van der Waals surface area (Å²) in [4.78, 5) is 21.7. The lowest BCUT2D eigenvalue weighted by molar-refractivity contribution is -0.0400. The van der Waals surface area contributed by atoms with Crippen LogP contribution in [0.4, 0.5) is 5.82 Å². The van der Waals surface area contributed by atoms with Gasteiger partial charge < -0.3 is 20.5 Å². The van der Waals surface area contributed by atoms with Crippen molar-refractivity contribution in [3.05, 3.63) is 12.7 Å². The average Bonchev–Trinajstić information content (AvgIpc) is 3.16. The van der Waals surface area contributed by atoms with E-state index in [2.05, 4.69) is 15.0 Å². The van der Waals surface area contributed by atoms with Gasteiger partial charge in [0.15, 0.2) is 11.5 Å². The summed E-state index contributed by atoms with van der Waals surface area (Å²) >= 11 is 0. The molecule has 2 aromatic heterocycles. The standard InChI is InChI=1S/C12H19N6O8PS/c13-11-10-12(15-5-14-11)18(6-16-10)9-3-7(19)8(26-9)4-25-27(20,21)17-1-2-28(22,23)24/h5-9,19H,1-4H2,(H2,13,14,15)(H2,17,20,21)(H,22,23,24)/t7-,8+,9+/m0/s1. The van der Waals surface area contributed by atoms with Gasteiger partial charge in [0.05, 0.1) is 24.8 Å². The lowest BCUT2D eigenvalue weighted by atomic mass is 10.2.